The molecule has 7 heteroatoms. The Kier molecular flexibility index (Phi) is 4.99. The summed E-state index contributed by atoms with van der Waals surface area (Å²) in [4.78, 5) is 28.2. The number of oxazole rings is 1. The maximum absolute atomic E-state index is 13.1. The lowest BCUT2D eigenvalue weighted by molar-refractivity contribution is -0.117. The molecule has 142 valence electrons. The Morgan fingerprint density at radius 2 is 2.04 bits per heavy atom. The Morgan fingerprint density at radius 3 is 2.75 bits per heavy atom. The van der Waals surface area contributed by atoms with Gasteiger partial charge in [0.25, 0.3) is 0 Å². The molecule has 0 aliphatic heterocycles. The molecule has 1 atom stereocenters. The second kappa shape index (κ2) is 7.74. The van der Waals surface area contributed by atoms with Gasteiger partial charge in [-0.15, -0.1) is 11.3 Å². The molecule has 6 nitrogen and oxygen atoms in total. The van der Waals surface area contributed by atoms with Gasteiger partial charge in [0.15, 0.2) is 5.58 Å². The highest BCUT2D eigenvalue weighted by molar-refractivity contribution is 7.09. The van der Waals surface area contributed by atoms with Crippen molar-refractivity contribution >= 4 is 34.0 Å². The van der Waals surface area contributed by atoms with E-state index in [-0.39, 0.29) is 11.8 Å². The third-order valence-electron chi connectivity index (χ3n) is 4.51. The fourth-order valence-electron chi connectivity index (χ4n) is 3.09. The summed E-state index contributed by atoms with van der Waals surface area (Å²) in [5, 5.41) is 4.96. The van der Waals surface area contributed by atoms with Crippen molar-refractivity contribution in [3.63, 3.8) is 0 Å². The van der Waals surface area contributed by atoms with Crippen LogP contribution < -0.4 is 15.8 Å². The van der Waals surface area contributed by atoms with E-state index in [0.29, 0.717) is 23.2 Å². The Bertz CT molecular complexity index is 1140. The van der Waals surface area contributed by atoms with Gasteiger partial charge in [0, 0.05) is 10.6 Å². The number of fused-ring (bicyclic) bond motifs is 1. The van der Waals surface area contributed by atoms with Crippen molar-refractivity contribution in [2.24, 2.45) is 0 Å². The Hall–Kier alpha value is -3.32. The molecule has 0 radical (unpaired) electrons. The first-order valence-corrected chi connectivity index (χ1v) is 9.60. The maximum atomic E-state index is 13.1. The third-order valence-corrected chi connectivity index (χ3v) is 5.41. The number of methoxy groups -OCH3 is 1. The quantitative estimate of drug-likeness (QED) is 0.514. The fraction of sp³-hybridized carbons (Fsp3) is 0.143. The van der Waals surface area contributed by atoms with E-state index in [0.717, 1.165) is 16.2 Å². The number of anilines is 1. The van der Waals surface area contributed by atoms with Crippen LogP contribution in [0.5, 0.6) is 5.75 Å². The zero-order valence-corrected chi connectivity index (χ0v) is 15.9. The van der Waals surface area contributed by atoms with Crippen LogP contribution in [0.2, 0.25) is 0 Å². The zero-order valence-electron chi connectivity index (χ0n) is 15.1. The van der Waals surface area contributed by atoms with Gasteiger partial charge in [-0.1, -0.05) is 18.2 Å². The number of hydrogen-bond acceptors (Lipinski definition) is 5. The Balaban J connectivity index is 1.61. The van der Waals surface area contributed by atoms with E-state index in [1.807, 2.05) is 41.8 Å². The molecule has 2 aromatic carbocycles. The smallest absolute Gasteiger partial charge is 0.417 e. The number of thiophene rings is 1. The molecule has 2 heterocycles. The second-order valence-corrected chi connectivity index (χ2v) is 7.36. The highest BCUT2D eigenvalue weighted by Crippen LogP contribution is 2.27. The van der Waals surface area contributed by atoms with Crippen molar-refractivity contribution in [3.8, 4) is 5.75 Å². The van der Waals surface area contributed by atoms with Crippen molar-refractivity contribution in [2.75, 3.05) is 12.4 Å². The third kappa shape index (κ3) is 3.84. The van der Waals surface area contributed by atoms with E-state index in [2.05, 4.69) is 10.3 Å². The lowest BCUT2D eigenvalue weighted by Gasteiger charge is -2.17. The minimum Gasteiger partial charge on any atom is -0.497 e. The van der Waals surface area contributed by atoms with Crippen LogP contribution in [0.15, 0.2) is 69.2 Å². The summed E-state index contributed by atoms with van der Waals surface area (Å²) in [6.07, 6.45) is 0.598. The van der Waals surface area contributed by atoms with Gasteiger partial charge in [-0.05, 0) is 53.8 Å². The number of carbonyl (C=O) groups excluding carboxylic acids is 1. The van der Waals surface area contributed by atoms with Crippen molar-refractivity contribution in [3.05, 3.63) is 81.0 Å². The first-order valence-electron chi connectivity index (χ1n) is 8.72. The number of carbonyl (C=O) groups is 1. The fourth-order valence-corrected chi connectivity index (χ4v) is 3.84. The van der Waals surface area contributed by atoms with E-state index in [1.165, 1.54) is 0 Å². The molecule has 1 unspecified atom stereocenters. The van der Waals surface area contributed by atoms with E-state index >= 15 is 0 Å². The number of benzene rings is 2. The average molecular weight is 394 g/mol. The first kappa shape index (κ1) is 18.1. The Morgan fingerprint density at radius 1 is 1.21 bits per heavy atom. The molecule has 0 saturated carbocycles. The number of aromatic nitrogens is 1. The first-order chi connectivity index (χ1) is 13.6. The van der Waals surface area contributed by atoms with Gasteiger partial charge in [-0.3, -0.25) is 9.78 Å². The topological polar surface area (TPSA) is 84.3 Å². The standard InChI is InChI=1S/C21H18N2O4S/c1-26-15-7-4-13(5-8-15)17(12-16-3-2-10-28-16)20(24)22-14-6-9-19-18(11-14)23-21(25)27-19/h2-11,17H,12H2,1H3,(H,22,24)(H,23,25). The van der Waals surface area contributed by atoms with Crippen molar-refractivity contribution in [1.82, 2.24) is 4.98 Å². The van der Waals surface area contributed by atoms with Crippen LogP contribution in [0.1, 0.15) is 16.4 Å². The summed E-state index contributed by atoms with van der Waals surface area (Å²) in [6.45, 7) is 0. The minimum atomic E-state index is -0.521. The maximum Gasteiger partial charge on any atom is 0.417 e. The summed E-state index contributed by atoms with van der Waals surface area (Å²) in [7, 11) is 1.61. The predicted octanol–water partition coefficient (Wildman–Crippen LogP) is 4.16. The largest absolute Gasteiger partial charge is 0.497 e. The SMILES string of the molecule is COc1ccc(C(Cc2cccs2)C(=O)Nc2ccc3oc(=O)[nH]c3c2)cc1. The lowest BCUT2D eigenvalue weighted by atomic mass is 9.94. The van der Waals surface area contributed by atoms with Crippen molar-refractivity contribution < 1.29 is 13.9 Å². The van der Waals surface area contributed by atoms with Crippen LogP contribution in [-0.4, -0.2) is 18.0 Å². The molecular weight excluding hydrogens is 376 g/mol. The van der Waals surface area contributed by atoms with Crippen LogP contribution in [0, 0.1) is 0 Å². The summed E-state index contributed by atoms with van der Waals surface area (Å²) >= 11 is 1.63. The van der Waals surface area contributed by atoms with Crippen molar-refractivity contribution in [1.29, 1.82) is 0 Å². The number of aromatic amines is 1. The van der Waals surface area contributed by atoms with E-state index in [1.54, 1.807) is 36.6 Å². The molecule has 0 saturated heterocycles. The monoisotopic (exact) mass is 394 g/mol. The van der Waals surface area contributed by atoms with Crippen LogP contribution in [0.25, 0.3) is 11.1 Å². The molecule has 2 aromatic heterocycles. The molecule has 1 amide bonds. The number of rotatable bonds is 6. The number of nitrogens with one attached hydrogen (secondary N) is 2. The van der Waals surface area contributed by atoms with Crippen molar-refractivity contribution in [2.45, 2.75) is 12.3 Å². The number of hydrogen-bond donors (Lipinski definition) is 2. The molecular formula is C21H18N2O4S. The molecule has 0 aliphatic rings. The van der Waals surface area contributed by atoms with Crippen LogP contribution in [0.4, 0.5) is 5.69 Å². The molecule has 0 aliphatic carbocycles. The average Bonchev–Trinajstić information content (AvgIpc) is 3.34. The second-order valence-electron chi connectivity index (χ2n) is 6.32. The zero-order chi connectivity index (χ0) is 19.5. The summed E-state index contributed by atoms with van der Waals surface area (Å²) < 4.78 is 10.2. The lowest BCUT2D eigenvalue weighted by Crippen LogP contribution is -2.22. The van der Waals surface area contributed by atoms with Gasteiger partial charge in [-0.2, -0.15) is 0 Å². The molecule has 0 fully saturated rings. The number of H-pyrrole nitrogens is 1. The highest BCUT2D eigenvalue weighted by Gasteiger charge is 2.22. The van der Waals surface area contributed by atoms with E-state index < -0.39 is 5.76 Å². The molecule has 0 spiro atoms. The van der Waals surface area contributed by atoms with Gasteiger partial charge in [-0.25, -0.2) is 4.79 Å². The minimum absolute atomic E-state index is 0.122. The van der Waals surface area contributed by atoms with Gasteiger partial charge >= 0.3 is 5.76 Å². The molecule has 0 bridgehead atoms. The highest BCUT2D eigenvalue weighted by atomic mass is 32.1. The summed E-state index contributed by atoms with van der Waals surface area (Å²) in [5.41, 5.74) is 2.50. The van der Waals surface area contributed by atoms with E-state index in [9.17, 15) is 9.59 Å². The normalized spacial score (nSPS) is 12.0. The number of amides is 1. The Labute approximate surface area is 164 Å². The van der Waals surface area contributed by atoms with Gasteiger partial charge in [0.2, 0.25) is 5.91 Å². The predicted molar refractivity (Wildman–Crippen MR) is 109 cm³/mol. The molecule has 4 rings (SSSR count). The van der Waals surface area contributed by atoms with Gasteiger partial charge in [0.05, 0.1) is 18.5 Å². The van der Waals surface area contributed by atoms with Crippen LogP contribution in [0.3, 0.4) is 0 Å². The number of ether oxygens (including phenoxy) is 1. The summed E-state index contributed by atoms with van der Waals surface area (Å²) in [6, 6.07) is 16.6. The van der Waals surface area contributed by atoms with Gasteiger partial charge < -0.3 is 14.5 Å². The molecule has 4 aromatic rings. The molecule has 2 N–H and O–H groups in total. The van der Waals surface area contributed by atoms with Crippen LogP contribution >= 0.6 is 11.3 Å². The van der Waals surface area contributed by atoms with Gasteiger partial charge in [0.1, 0.15) is 5.75 Å². The molecule has 28 heavy (non-hydrogen) atoms. The summed E-state index contributed by atoms with van der Waals surface area (Å²) in [5.74, 6) is -0.256. The van der Waals surface area contributed by atoms with Crippen LogP contribution in [-0.2, 0) is 11.2 Å². The van der Waals surface area contributed by atoms with E-state index in [4.69, 9.17) is 9.15 Å².